The molecule has 4 heteroatoms. The number of nitrogens with one attached hydrogen (secondary N) is 1. The molecule has 1 aromatic carbocycles. The summed E-state index contributed by atoms with van der Waals surface area (Å²) in [5, 5.41) is 3.87. The fourth-order valence-electron chi connectivity index (χ4n) is 1.48. The minimum Gasteiger partial charge on any atom is -0.348 e. The third-order valence-corrected chi connectivity index (χ3v) is 3.95. The van der Waals surface area contributed by atoms with Gasteiger partial charge in [0.15, 0.2) is 0 Å². The molecule has 0 saturated carbocycles. The van der Waals surface area contributed by atoms with Crippen LogP contribution < -0.4 is 5.32 Å². The van der Waals surface area contributed by atoms with Gasteiger partial charge in [-0.15, -0.1) is 0 Å². The number of carbonyl (C=O) groups excluding carboxylic acids is 1. The first-order valence-electron chi connectivity index (χ1n) is 5.66. The Balaban J connectivity index is 2.62. The quantitative estimate of drug-likeness (QED) is 0.815. The largest absolute Gasteiger partial charge is 0.348 e. The van der Waals surface area contributed by atoms with Crippen molar-refractivity contribution in [1.29, 1.82) is 0 Å². The molecule has 1 N–H and O–H groups in total. The second-order valence-electron chi connectivity index (χ2n) is 3.86. The van der Waals surface area contributed by atoms with Crippen LogP contribution in [-0.4, -0.2) is 24.0 Å². The molecule has 0 aliphatic rings. The number of benzene rings is 1. The van der Waals surface area contributed by atoms with Crippen LogP contribution in [0.2, 0.25) is 0 Å². The van der Waals surface area contributed by atoms with Crippen LogP contribution in [0.25, 0.3) is 0 Å². The van der Waals surface area contributed by atoms with Crippen molar-refractivity contribution < 1.29 is 4.79 Å². The summed E-state index contributed by atoms with van der Waals surface area (Å²) in [5.74, 6) is 0.980. The van der Waals surface area contributed by atoms with Gasteiger partial charge in [-0.25, -0.2) is 0 Å². The molecular weight excluding hydrogens is 298 g/mol. The maximum Gasteiger partial charge on any atom is 0.251 e. The minimum absolute atomic E-state index is 0.0204. The average molecular weight is 316 g/mol. The van der Waals surface area contributed by atoms with Gasteiger partial charge in [0.05, 0.1) is 0 Å². The first-order valence-corrected chi connectivity index (χ1v) is 8.17. The van der Waals surface area contributed by atoms with E-state index in [9.17, 15) is 4.79 Å². The summed E-state index contributed by atoms with van der Waals surface area (Å²) in [5.41, 5.74) is 1.91. The summed E-state index contributed by atoms with van der Waals surface area (Å²) in [6.07, 6.45) is 3.02. The molecule has 1 aromatic rings. The normalized spacial score (nSPS) is 12.2. The third-order valence-electron chi connectivity index (χ3n) is 2.57. The summed E-state index contributed by atoms with van der Waals surface area (Å²) >= 11 is 5.14. The lowest BCUT2D eigenvalue weighted by Gasteiger charge is -2.15. The molecule has 0 saturated heterocycles. The zero-order valence-corrected chi connectivity index (χ0v) is 12.6. The van der Waals surface area contributed by atoms with Crippen LogP contribution in [0.3, 0.4) is 0 Å². The van der Waals surface area contributed by atoms with Crippen LogP contribution in [-0.2, 0) is 5.33 Å². The highest BCUT2D eigenvalue weighted by molar-refractivity contribution is 9.08. The summed E-state index contributed by atoms with van der Waals surface area (Å²) in [7, 11) is 0. The first-order chi connectivity index (χ1) is 8.21. The first kappa shape index (κ1) is 14.6. The molecule has 0 aromatic heterocycles. The minimum atomic E-state index is 0.0204. The van der Waals surface area contributed by atoms with Crippen LogP contribution in [0.15, 0.2) is 24.3 Å². The number of hydrogen-bond donors (Lipinski definition) is 1. The predicted molar refractivity (Wildman–Crippen MR) is 79.0 cm³/mol. The molecule has 1 atom stereocenters. The van der Waals surface area contributed by atoms with Gasteiger partial charge in [-0.3, -0.25) is 4.79 Å². The predicted octanol–water partition coefficient (Wildman–Crippen LogP) is 3.45. The Morgan fingerprint density at radius 3 is 2.53 bits per heavy atom. The van der Waals surface area contributed by atoms with Gasteiger partial charge < -0.3 is 5.32 Å². The molecule has 0 aliphatic heterocycles. The monoisotopic (exact) mass is 315 g/mol. The number of thioether (sulfide) groups is 1. The van der Waals surface area contributed by atoms with Crippen LogP contribution in [0, 0.1) is 0 Å². The topological polar surface area (TPSA) is 29.1 Å². The highest BCUT2D eigenvalue weighted by atomic mass is 79.9. The van der Waals surface area contributed by atoms with Gasteiger partial charge in [-0.05, 0) is 30.4 Å². The number of halogens is 1. The van der Waals surface area contributed by atoms with Gasteiger partial charge in [-0.1, -0.05) is 35.0 Å². The Morgan fingerprint density at radius 2 is 2.06 bits per heavy atom. The van der Waals surface area contributed by atoms with Crippen molar-refractivity contribution in [2.45, 2.75) is 24.7 Å². The van der Waals surface area contributed by atoms with E-state index in [-0.39, 0.29) is 11.9 Å². The van der Waals surface area contributed by atoms with E-state index >= 15 is 0 Å². The maximum absolute atomic E-state index is 12.0. The molecule has 0 heterocycles. The van der Waals surface area contributed by atoms with Gasteiger partial charge in [0.2, 0.25) is 0 Å². The molecule has 1 amide bonds. The van der Waals surface area contributed by atoms with E-state index in [1.165, 1.54) is 5.56 Å². The van der Waals surface area contributed by atoms with Gasteiger partial charge in [0.25, 0.3) is 5.91 Å². The van der Waals surface area contributed by atoms with Crippen molar-refractivity contribution in [3.05, 3.63) is 35.4 Å². The van der Waals surface area contributed by atoms with Gasteiger partial charge >= 0.3 is 0 Å². The van der Waals surface area contributed by atoms with Crippen molar-refractivity contribution in [2.75, 3.05) is 12.0 Å². The van der Waals surface area contributed by atoms with E-state index in [1.54, 1.807) is 11.8 Å². The van der Waals surface area contributed by atoms with E-state index in [2.05, 4.69) is 34.4 Å². The molecule has 94 valence electrons. The second-order valence-corrected chi connectivity index (χ2v) is 5.34. The van der Waals surface area contributed by atoms with E-state index < -0.39 is 0 Å². The van der Waals surface area contributed by atoms with Crippen molar-refractivity contribution in [2.24, 2.45) is 0 Å². The lowest BCUT2D eigenvalue weighted by Crippen LogP contribution is -2.36. The van der Waals surface area contributed by atoms with Gasteiger partial charge in [-0.2, -0.15) is 11.8 Å². The fourth-order valence-corrected chi connectivity index (χ4v) is 2.57. The van der Waals surface area contributed by atoms with Gasteiger partial charge in [0, 0.05) is 22.7 Å². The van der Waals surface area contributed by atoms with Crippen molar-refractivity contribution in [3.8, 4) is 0 Å². The number of alkyl halides is 1. The molecule has 1 rings (SSSR count). The summed E-state index contributed by atoms with van der Waals surface area (Å²) < 4.78 is 0. The van der Waals surface area contributed by atoms with Crippen LogP contribution >= 0.6 is 27.7 Å². The Bertz CT molecular complexity index is 353. The third kappa shape index (κ3) is 4.72. The van der Waals surface area contributed by atoms with E-state index in [1.807, 2.05) is 24.3 Å². The zero-order chi connectivity index (χ0) is 12.7. The summed E-state index contributed by atoms with van der Waals surface area (Å²) in [6, 6.07) is 7.95. The lowest BCUT2D eigenvalue weighted by atomic mass is 10.1. The molecule has 2 nitrogen and oxygen atoms in total. The maximum atomic E-state index is 12.0. The Morgan fingerprint density at radius 1 is 1.41 bits per heavy atom. The van der Waals surface area contributed by atoms with E-state index in [0.29, 0.717) is 0 Å². The number of carbonyl (C=O) groups is 1. The summed E-state index contributed by atoms with van der Waals surface area (Å²) in [4.78, 5) is 12.0. The molecule has 0 aliphatic carbocycles. The molecule has 0 fully saturated rings. The molecule has 0 bridgehead atoms. The second kappa shape index (κ2) is 7.77. The number of hydrogen-bond acceptors (Lipinski definition) is 2. The van der Waals surface area contributed by atoms with Crippen molar-refractivity contribution in [3.63, 3.8) is 0 Å². The molecule has 1 unspecified atom stereocenters. The lowest BCUT2D eigenvalue weighted by molar-refractivity contribution is 0.0940. The highest BCUT2D eigenvalue weighted by Crippen LogP contribution is 2.09. The SMILES string of the molecule is CCC(CSC)NC(=O)c1ccc(CBr)cc1. The Labute approximate surface area is 116 Å². The Hall–Kier alpha value is -0.480. The zero-order valence-electron chi connectivity index (χ0n) is 10.2. The number of amides is 1. The van der Waals surface area contributed by atoms with Crippen LogP contribution in [0.5, 0.6) is 0 Å². The molecule has 17 heavy (non-hydrogen) atoms. The highest BCUT2D eigenvalue weighted by Gasteiger charge is 2.11. The van der Waals surface area contributed by atoms with Crippen molar-refractivity contribution in [1.82, 2.24) is 5.32 Å². The van der Waals surface area contributed by atoms with E-state index in [0.717, 1.165) is 23.1 Å². The average Bonchev–Trinajstić information content (AvgIpc) is 2.38. The van der Waals surface area contributed by atoms with Crippen LogP contribution in [0.4, 0.5) is 0 Å². The van der Waals surface area contributed by atoms with Gasteiger partial charge in [0.1, 0.15) is 0 Å². The molecular formula is C13H18BrNOS. The smallest absolute Gasteiger partial charge is 0.251 e. The fraction of sp³-hybridized carbons (Fsp3) is 0.462. The van der Waals surface area contributed by atoms with Crippen molar-refractivity contribution >= 4 is 33.6 Å². The standard InChI is InChI=1S/C13H18BrNOS/c1-3-12(9-17-2)15-13(16)11-6-4-10(8-14)5-7-11/h4-7,12H,3,8-9H2,1-2H3,(H,15,16). The molecule has 0 spiro atoms. The molecule has 0 radical (unpaired) electrons. The van der Waals surface area contributed by atoms with E-state index in [4.69, 9.17) is 0 Å². The van der Waals surface area contributed by atoms with Crippen LogP contribution in [0.1, 0.15) is 29.3 Å². The Kier molecular flexibility index (Phi) is 6.66. The summed E-state index contributed by atoms with van der Waals surface area (Å²) in [6.45, 7) is 2.09. The number of rotatable bonds is 6.